The Bertz CT molecular complexity index is 239. The Labute approximate surface area is 115 Å². The summed E-state index contributed by atoms with van der Waals surface area (Å²) in [6, 6.07) is 0.0831. The Morgan fingerprint density at radius 1 is 1.11 bits per heavy atom. The highest BCUT2D eigenvalue weighted by molar-refractivity contribution is 4.95. The first-order valence-electron chi connectivity index (χ1n) is 7.24. The summed E-state index contributed by atoms with van der Waals surface area (Å²) in [5, 5.41) is 3.22. The number of halogens is 3. The van der Waals surface area contributed by atoms with Gasteiger partial charge in [0.1, 0.15) is 0 Å². The molecule has 0 aliphatic carbocycles. The van der Waals surface area contributed by atoms with Crippen LogP contribution in [0.2, 0.25) is 0 Å². The van der Waals surface area contributed by atoms with Crippen LogP contribution in [-0.4, -0.2) is 42.8 Å². The lowest BCUT2D eigenvalue weighted by molar-refractivity contribution is -0.136. The zero-order valence-electron chi connectivity index (χ0n) is 12.9. The zero-order valence-corrected chi connectivity index (χ0v) is 12.9. The first kappa shape index (κ1) is 18.7. The lowest BCUT2D eigenvalue weighted by Gasteiger charge is -2.46. The molecule has 0 amide bonds. The van der Waals surface area contributed by atoms with Crippen molar-refractivity contribution in [2.24, 2.45) is 0 Å². The van der Waals surface area contributed by atoms with Crippen LogP contribution in [0.5, 0.6) is 0 Å². The lowest BCUT2D eigenvalue weighted by atomic mass is 9.84. The molecule has 116 valence electrons. The fourth-order valence-corrected chi connectivity index (χ4v) is 2.91. The zero-order chi connectivity index (χ0) is 15.1. The van der Waals surface area contributed by atoms with Crippen molar-refractivity contribution in [2.45, 2.75) is 71.1 Å². The molecule has 2 nitrogen and oxygen atoms in total. The third-order valence-corrected chi connectivity index (χ3v) is 4.25. The Morgan fingerprint density at radius 3 is 1.95 bits per heavy atom. The smallest absolute Gasteiger partial charge is 0.315 e. The fourth-order valence-electron chi connectivity index (χ4n) is 2.91. The molecule has 19 heavy (non-hydrogen) atoms. The number of nitrogens with zero attached hydrogens (tertiary/aromatic N) is 1. The second-order valence-electron chi connectivity index (χ2n) is 5.23. The molecular formula is C14H29F3N2. The van der Waals surface area contributed by atoms with Crippen molar-refractivity contribution < 1.29 is 13.2 Å². The monoisotopic (exact) mass is 282 g/mol. The molecule has 2 unspecified atom stereocenters. The molecule has 0 spiro atoms. The number of hydrogen-bond donors (Lipinski definition) is 1. The quantitative estimate of drug-likeness (QED) is 0.691. The van der Waals surface area contributed by atoms with E-state index in [0.717, 1.165) is 19.5 Å². The predicted octanol–water partition coefficient (Wildman–Crippen LogP) is 3.82. The maximum atomic E-state index is 12.2. The van der Waals surface area contributed by atoms with Gasteiger partial charge in [0.05, 0.1) is 0 Å². The van der Waals surface area contributed by atoms with Crippen molar-refractivity contribution in [1.82, 2.24) is 10.2 Å². The minimum Gasteiger partial charge on any atom is -0.315 e. The summed E-state index contributed by atoms with van der Waals surface area (Å²) < 4.78 is 36.7. The summed E-state index contributed by atoms with van der Waals surface area (Å²) in [5.74, 6) is 0. The maximum Gasteiger partial charge on any atom is 0.389 e. The van der Waals surface area contributed by atoms with Gasteiger partial charge in [-0.3, -0.25) is 4.90 Å². The Balaban J connectivity index is 4.69. The number of hydrogen-bond acceptors (Lipinski definition) is 2. The lowest BCUT2D eigenvalue weighted by Crippen LogP contribution is -2.58. The second-order valence-corrected chi connectivity index (χ2v) is 5.23. The number of alkyl halides is 3. The first-order chi connectivity index (χ1) is 8.75. The molecule has 0 heterocycles. The van der Waals surface area contributed by atoms with Crippen LogP contribution in [0.15, 0.2) is 0 Å². The molecule has 5 heteroatoms. The molecule has 0 radical (unpaired) electrons. The van der Waals surface area contributed by atoms with Gasteiger partial charge in [-0.1, -0.05) is 20.8 Å². The first-order valence-corrected chi connectivity index (χ1v) is 7.24. The second kappa shape index (κ2) is 8.10. The van der Waals surface area contributed by atoms with Crippen molar-refractivity contribution >= 4 is 0 Å². The van der Waals surface area contributed by atoms with Crippen LogP contribution < -0.4 is 5.32 Å². The minimum atomic E-state index is -4.05. The molecule has 0 aromatic rings. The van der Waals surface area contributed by atoms with Gasteiger partial charge in [-0.15, -0.1) is 0 Å². The Hall–Kier alpha value is -0.290. The van der Waals surface area contributed by atoms with E-state index in [1.165, 1.54) is 0 Å². The third kappa shape index (κ3) is 5.69. The van der Waals surface area contributed by atoms with E-state index in [4.69, 9.17) is 0 Å². The molecule has 0 fully saturated rings. The van der Waals surface area contributed by atoms with Crippen molar-refractivity contribution in [2.75, 3.05) is 20.1 Å². The molecule has 0 aromatic carbocycles. The van der Waals surface area contributed by atoms with E-state index >= 15 is 0 Å². The molecule has 0 saturated carbocycles. The Morgan fingerprint density at radius 2 is 1.63 bits per heavy atom. The van der Waals surface area contributed by atoms with Crippen LogP contribution in [0.1, 0.15) is 53.4 Å². The summed E-state index contributed by atoms with van der Waals surface area (Å²) in [6.07, 6.45) is -3.08. The van der Waals surface area contributed by atoms with Crippen molar-refractivity contribution in [3.8, 4) is 0 Å². The van der Waals surface area contributed by atoms with Crippen LogP contribution in [0.25, 0.3) is 0 Å². The van der Waals surface area contributed by atoms with Gasteiger partial charge in [-0.05, 0) is 46.3 Å². The summed E-state index contributed by atoms with van der Waals surface area (Å²) in [7, 11) is 1.84. The number of nitrogens with one attached hydrogen (secondary N) is 1. The molecule has 2 atom stereocenters. The highest BCUT2D eigenvalue weighted by atomic mass is 19.4. The van der Waals surface area contributed by atoms with Gasteiger partial charge in [0, 0.05) is 18.0 Å². The van der Waals surface area contributed by atoms with Gasteiger partial charge < -0.3 is 5.32 Å². The molecule has 0 aliphatic rings. The fraction of sp³-hybridized carbons (Fsp3) is 1.00. The highest BCUT2D eigenvalue weighted by Crippen LogP contribution is 2.29. The normalized spacial score (nSPS) is 17.5. The van der Waals surface area contributed by atoms with Crippen LogP contribution >= 0.6 is 0 Å². The molecule has 0 aliphatic heterocycles. The van der Waals surface area contributed by atoms with Crippen LogP contribution in [0.4, 0.5) is 13.2 Å². The van der Waals surface area contributed by atoms with Crippen molar-refractivity contribution in [3.05, 3.63) is 0 Å². The van der Waals surface area contributed by atoms with Crippen LogP contribution in [-0.2, 0) is 0 Å². The van der Waals surface area contributed by atoms with Crippen LogP contribution in [0.3, 0.4) is 0 Å². The van der Waals surface area contributed by atoms with E-state index in [0.29, 0.717) is 6.42 Å². The summed E-state index contributed by atoms with van der Waals surface area (Å²) in [4.78, 5) is 2.34. The van der Waals surface area contributed by atoms with Gasteiger partial charge in [-0.25, -0.2) is 0 Å². The van der Waals surface area contributed by atoms with E-state index in [2.05, 4.69) is 37.9 Å². The summed E-state index contributed by atoms with van der Waals surface area (Å²) >= 11 is 0. The maximum absolute atomic E-state index is 12.2. The van der Waals surface area contributed by atoms with Crippen molar-refractivity contribution in [3.63, 3.8) is 0 Å². The standard InChI is InChI=1S/C14H29F3N2/c1-6-13(4,19(7-2)8-3)12(18-5)10-9-11-14(15,16)17/h12,18H,6-11H2,1-5H3. The highest BCUT2D eigenvalue weighted by Gasteiger charge is 2.36. The van der Waals surface area contributed by atoms with E-state index < -0.39 is 12.6 Å². The SMILES string of the molecule is CCN(CC)C(C)(CC)C(CCCC(F)(F)F)NC. The van der Waals surface area contributed by atoms with Gasteiger partial charge >= 0.3 is 6.18 Å². The van der Waals surface area contributed by atoms with E-state index in [9.17, 15) is 13.2 Å². The average molecular weight is 282 g/mol. The van der Waals surface area contributed by atoms with Gasteiger partial charge in [0.2, 0.25) is 0 Å². The van der Waals surface area contributed by atoms with E-state index in [1.807, 2.05) is 7.05 Å². The van der Waals surface area contributed by atoms with Gasteiger partial charge in [-0.2, -0.15) is 13.2 Å². The van der Waals surface area contributed by atoms with Crippen molar-refractivity contribution in [1.29, 1.82) is 0 Å². The number of likely N-dealkylation sites (N-methyl/N-ethyl adjacent to an activating group) is 2. The molecular weight excluding hydrogens is 253 g/mol. The third-order valence-electron chi connectivity index (χ3n) is 4.25. The van der Waals surface area contributed by atoms with Gasteiger partial charge in [0.25, 0.3) is 0 Å². The molecule has 0 saturated heterocycles. The molecule has 0 aromatic heterocycles. The number of rotatable bonds is 9. The summed E-state index contributed by atoms with van der Waals surface area (Å²) in [5.41, 5.74) is -0.0934. The van der Waals surface area contributed by atoms with Crippen LogP contribution in [0, 0.1) is 0 Å². The minimum absolute atomic E-state index is 0.0831. The van der Waals surface area contributed by atoms with Gasteiger partial charge in [0.15, 0.2) is 0 Å². The van der Waals surface area contributed by atoms with E-state index in [1.54, 1.807) is 0 Å². The molecule has 1 N–H and O–H groups in total. The average Bonchev–Trinajstić information content (AvgIpc) is 2.34. The molecule has 0 bridgehead atoms. The topological polar surface area (TPSA) is 15.3 Å². The van der Waals surface area contributed by atoms with E-state index in [-0.39, 0.29) is 18.0 Å². The molecule has 0 rings (SSSR count). The summed E-state index contributed by atoms with van der Waals surface area (Å²) in [6.45, 7) is 10.3. The largest absolute Gasteiger partial charge is 0.389 e. The Kier molecular flexibility index (Phi) is 7.98. The predicted molar refractivity (Wildman–Crippen MR) is 74.4 cm³/mol.